The zero-order valence-electron chi connectivity index (χ0n) is 9.15. The van der Waals surface area contributed by atoms with E-state index in [0.29, 0.717) is 0 Å². The molecule has 18 heavy (non-hydrogen) atoms. The van der Waals surface area contributed by atoms with Crippen molar-refractivity contribution in [1.82, 2.24) is 4.98 Å². The summed E-state index contributed by atoms with van der Waals surface area (Å²) in [7, 11) is 0. The van der Waals surface area contributed by atoms with E-state index >= 15 is 0 Å². The van der Waals surface area contributed by atoms with Crippen molar-refractivity contribution in [2.24, 2.45) is 0 Å². The first-order chi connectivity index (χ1) is 8.70. The van der Waals surface area contributed by atoms with E-state index in [1.165, 1.54) is 4.70 Å². The molecule has 2 aromatic carbocycles. The maximum atomic E-state index is 4.56. The Morgan fingerprint density at radius 2 is 1.83 bits per heavy atom. The molecule has 0 atom stereocenters. The van der Waals surface area contributed by atoms with Crippen LogP contribution in [0.4, 0.5) is 10.8 Å². The molecule has 0 unspecified atom stereocenters. The largest absolute Gasteiger partial charge is 0.331 e. The highest BCUT2D eigenvalue weighted by Crippen LogP contribution is 2.30. The molecular formula is C13H8Br2N2S. The molecular weight excluding hydrogens is 376 g/mol. The van der Waals surface area contributed by atoms with Gasteiger partial charge < -0.3 is 5.32 Å². The topological polar surface area (TPSA) is 24.9 Å². The van der Waals surface area contributed by atoms with Crippen molar-refractivity contribution in [2.45, 2.75) is 0 Å². The van der Waals surface area contributed by atoms with Crippen LogP contribution in [0, 0.1) is 0 Å². The van der Waals surface area contributed by atoms with Crippen LogP contribution < -0.4 is 5.32 Å². The van der Waals surface area contributed by atoms with Gasteiger partial charge in [-0.1, -0.05) is 49.3 Å². The number of benzene rings is 2. The predicted molar refractivity (Wildman–Crippen MR) is 84.7 cm³/mol. The summed E-state index contributed by atoms with van der Waals surface area (Å²) in [6, 6.07) is 14.2. The van der Waals surface area contributed by atoms with E-state index in [-0.39, 0.29) is 0 Å². The van der Waals surface area contributed by atoms with Crippen LogP contribution in [0.25, 0.3) is 10.2 Å². The van der Waals surface area contributed by atoms with E-state index in [9.17, 15) is 0 Å². The van der Waals surface area contributed by atoms with Gasteiger partial charge in [0.05, 0.1) is 10.2 Å². The molecule has 90 valence electrons. The van der Waals surface area contributed by atoms with Crippen molar-refractivity contribution >= 4 is 64.2 Å². The lowest BCUT2D eigenvalue weighted by molar-refractivity contribution is 1.44. The molecule has 0 aliphatic heterocycles. The van der Waals surface area contributed by atoms with Crippen molar-refractivity contribution in [3.63, 3.8) is 0 Å². The number of anilines is 2. The summed E-state index contributed by atoms with van der Waals surface area (Å²) in [4.78, 5) is 4.56. The minimum atomic E-state index is 0.904. The Morgan fingerprint density at radius 1 is 1.00 bits per heavy atom. The Balaban J connectivity index is 1.95. The van der Waals surface area contributed by atoms with Crippen LogP contribution in [0.2, 0.25) is 0 Å². The minimum Gasteiger partial charge on any atom is -0.331 e. The summed E-state index contributed by atoms with van der Waals surface area (Å²) in [6.07, 6.45) is 0. The van der Waals surface area contributed by atoms with Crippen LogP contribution in [-0.4, -0.2) is 4.98 Å². The van der Waals surface area contributed by atoms with Crippen molar-refractivity contribution in [2.75, 3.05) is 5.32 Å². The molecule has 1 N–H and O–H groups in total. The third-order valence-corrected chi connectivity index (χ3v) is 4.36. The zero-order chi connectivity index (χ0) is 12.5. The quantitative estimate of drug-likeness (QED) is 0.626. The summed E-state index contributed by atoms with van der Waals surface area (Å²) < 4.78 is 3.28. The zero-order valence-corrected chi connectivity index (χ0v) is 13.1. The van der Waals surface area contributed by atoms with Gasteiger partial charge in [0, 0.05) is 14.6 Å². The number of hydrogen-bond acceptors (Lipinski definition) is 3. The van der Waals surface area contributed by atoms with E-state index in [1.54, 1.807) is 11.3 Å². The summed E-state index contributed by atoms with van der Waals surface area (Å²) in [6.45, 7) is 0. The minimum absolute atomic E-state index is 0.904. The maximum absolute atomic E-state index is 4.56. The molecule has 0 saturated heterocycles. The number of nitrogens with zero attached hydrogens (tertiary/aromatic N) is 1. The second-order valence-electron chi connectivity index (χ2n) is 3.77. The molecule has 0 spiro atoms. The number of thiazole rings is 1. The molecule has 5 heteroatoms. The van der Waals surface area contributed by atoms with Crippen LogP contribution in [-0.2, 0) is 0 Å². The molecule has 2 nitrogen and oxygen atoms in total. The van der Waals surface area contributed by atoms with Gasteiger partial charge in [-0.05, 0) is 36.4 Å². The average Bonchev–Trinajstić information content (AvgIpc) is 2.70. The van der Waals surface area contributed by atoms with E-state index in [0.717, 1.165) is 25.3 Å². The van der Waals surface area contributed by atoms with Gasteiger partial charge >= 0.3 is 0 Å². The van der Waals surface area contributed by atoms with Gasteiger partial charge in [-0.3, -0.25) is 0 Å². The first-order valence-corrected chi connectivity index (χ1v) is 7.70. The summed E-state index contributed by atoms with van der Waals surface area (Å²) >= 11 is 8.56. The van der Waals surface area contributed by atoms with E-state index in [1.807, 2.05) is 36.4 Å². The summed E-state index contributed by atoms with van der Waals surface area (Å²) in [5.74, 6) is 0. The molecule has 3 rings (SSSR count). The first-order valence-electron chi connectivity index (χ1n) is 5.29. The molecule has 0 saturated carbocycles. The van der Waals surface area contributed by atoms with Crippen LogP contribution in [0.1, 0.15) is 0 Å². The Bertz CT molecular complexity index is 709. The lowest BCUT2D eigenvalue weighted by atomic mass is 10.3. The molecule has 0 aliphatic rings. The number of halogens is 2. The highest BCUT2D eigenvalue weighted by atomic mass is 79.9. The monoisotopic (exact) mass is 382 g/mol. The normalized spacial score (nSPS) is 10.8. The number of aromatic nitrogens is 1. The van der Waals surface area contributed by atoms with Crippen molar-refractivity contribution in [1.29, 1.82) is 0 Å². The second-order valence-corrected chi connectivity index (χ2v) is 6.63. The van der Waals surface area contributed by atoms with E-state index in [2.05, 4.69) is 48.2 Å². The third kappa shape index (κ3) is 2.58. The molecule has 0 fully saturated rings. The summed E-state index contributed by atoms with van der Waals surface area (Å²) in [5.41, 5.74) is 2.04. The first kappa shape index (κ1) is 12.1. The van der Waals surface area contributed by atoms with E-state index < -0.39 is 0 Å². The van der Waals surface area contributed by atoms with Crippen molar-refractivity contribution in [3.8, 4) is 0 Å². The van der Waals surface area contributed by atoms with Crippen molar-refractivity contribution in [3.05, 3.63) is 51.4 Å². The lowest BCUT2D eigenvalue weighted by Crippen LogP contribution is -1.88. The number of hydrogen-bond donors (Lipinski definition) is 1. The third-order valence-electron chi connectivity index (χ3n) is 2.43. The fraction of sp³-hybridized carbons (Fsp3) is 0. The number of rotatable bonds is 2. The van der Waals surface area contributed by atoms with Gasteiger partial charge in [0.1, 0.15) is 0 Å². The predicted octanol–water partition coefficient (Wildman–Crippen LogP) is 5.56. The summed E-state index contributed by atoms with van der Waals surface area (Å²) in [5, 5.41) is 4.22. The van der Waals surface area contributed by atoms with Gasteiger partial charge in [0.2, 0.25) is 0 Å². The molecule has 0 radical (unpaired) electrons. The molecule has 0 bridgehead atoms. The van der Waals surface area contributed by atoms with Crippen LogP contribution in [0.15, 0.2) is 51.4 Å². The van der Waals surface area contributed by atoms with E-state index in [4.69, 9.17) is 0 Å². The van der Waals surface area contributed by atoms with Crippen LogP contribution in [0.5, 0.6) is 0 Å². The van der Waals surface area contributed by atoms with Gasteiger partial charge in [-0.15, -0.1) is 0 Å². The molecule has 0 aliphatic carbocycles. The Hall–Kier alpha value is -0.910. The van der Waals surface area contributed by atoms with Gasteiger partial charge in [-0.2, -0.15) is 0 Å². The smallest absolute Gasteiger partial charge is 0.188 e. The van der Waals surface area contributed by atoms with Crippen LogP contribution in [0.3, 0.4) is 0 Å². The molecule has 1 heterocycles. The molecule has 0 amide bonds. The lowest BCUT2D eigenvalue weighted by Gasteiger charge is -2.01. The highest BCUT2D eigenvalue weighted by Gasteiger charge is 2.04. The average molecular weight is 384 g/mol. The maximum Gasteiger partial charge on any atom is 0.188 e. The fourth-order valence-corrected chi connectivity index (χ4v) is 3.26. The number of nitrogens with one attached hydrogen (secondary N) is 1. The molecule has 3 aromatic rings. The van der Waals surface area contributed by atoms with Gasteiger partial charge in [-0.25, -0.2) is 4.98 Å². The fourth-order valence-electron chi connectivity index (χ4n) is 1.64. The molecule has 1 aromatic heterocycles. The SMILES string of the molecule is Brc1cccc(Nc2nc3cc(Br)ccc3s2)c1. The second kappa shape index (κ2) is 4.99. The van der Waals surface area contributed by atoms with Gasteiger partial charge in [0.25, 0.3) is 0 Å². The van der Waals surface area contributed by atoms with Crippen LogP contribution >= 0.6 is 43.2 Å². The highest BCUT2D eigenvalue weighted by molar-refractivity contribution is 9.10. The Morgan fingerprint density at radius 3 is 2.67 bits per heavy atom. The standard InChI is InChI=1S/C13H8Br2N2S/c14-8-2-1-3-10(6-8)16-13-17-11-7-9(15)4-5-12(11)18-13/h1-7H,(H,16,17). The van der Waals surface area contributed by atoms with Crippen molar-refractivity contribution < 1.29 is 0 Å². The Labute approximate surface area is 125 Å². The number of fused-ring (bicyclic) bond motifs is 1. The van der Waals surface area contributed by atoms with Gasteiger partial charge in [0.15, 0.2) is 5.13 Å². The Kier molecular flexibility index (Phi) is 3.37.